The first-order valence-corrected chi connectivity index (χ1v) is 6.18. The molecule has 1 aromatic rings. The van der Waals surface area contributed by atoms with Crippen LogP contribution < -0.4 is 5.32 Å². The molecule has 0 radical (unpaired) electrons. The summed E-state index contributed by atoms with van der Waals surface area (Å²) in [6.07, 6.45) is 4.95. The van der Waals surface area contributed by atoms with Gasteiger partial charge in [0.25, 0.3) is 0 Å². The molecular weight excluding hydrogens is 198 g/mol. The minimum atomic E-state index is 0.0225. The Balaban J connectivity index is 1.88. The van der Waals surface area contributed by atoms with E-state index in [1.807, 2.05) is 12.1 Å². The molecule has 0 bridgehead atoms. The Morgan fingerprint density at radius 1 is 1.38 bits per heavy atom. The molecule has 86 valence electrons. The van der Waals surface area contributed by atoms with Gasteiger partial charge in [0, 0.05) is 18.5 Å². The van der Waals surface area contributed by atoms with Crippen LogP contribution in [-0.2, 0) is 11.2 Å². The van der Waals surface area contributed by atoms with Gasteiger partial charge in [0.1, 0.15) is 0 Å². The molecule has 1 aliphatic heterocycles. The molecule has 0 amide bonds. The maximum Gasteiger partial charge on any atom is 0.155 e. The first-order chi connectivity index (χ1) is 7.81. The summed E-state index contributed by atoms with van der Waals surface area (Å²) in [4.78, 5) is 11.9. The fourth-order valence-electron chi connectivity index (χ4n) is 2.22. The van der Waals surface area contributed by atoms with Gasteiger partial charge in [-0.3, -0.25) is 4.79 Å². The van der Waals surface area contributed by atoms with E-state index in [1.165, 1.54) is 12.0 Å². The van der Waals surface area contributed by atoms with Gasteiger partial charge in [-0.15, -0.1) is 0 Å². The van der Waals surface area contributed by atoms with Gasteiger partial charge in [-0.05, 0) is 18.1 Å². The number of ketones is 1. The van der Waals surface area contributed by atoms with Crippen molar-refractivity contribution in [1.29, 1.82) is 0 Å². The molecule has 1 unspecified atom stereocenters. The summed E-state index contributed by atoms with van der Waals surface area (Å²) in [5.74, 6) is 0.365. The number of hydrogen-bond acceptors (Lipinski definition) is 2. The minimum Gasteiger partial charge on any atom is -0.375 e. The molecule has 2 rings (SSSR count). The molecule has 16 heavy (non-hydrogen) atoms. The number of unbranched alkanes of at least 4 members (excludes halogenated alkanes) is 2. The zero-order valence-electron chi connectivity index (χ0n) is 9.83. The fourth-order valence-corrected chi connectivity index (χ4v) is 2.22. The van der Waals surface area contributed by atoms with Crippen molar-refractivity contribution in [3.63, 3.8) is 0 Å². The maximum atomic E-state index is 11.9. The van der Waals surface area contributed by atoms with Crippen LogP contribution >= 0.6 is 0 Å². The van der Waals surface area contributed by atoms with Gasteiger partial charge in [0.15, 0.2) is 5.78 Å². The second kappa shape index (κ2) is 5.15. The van der Waals surface area contributed by atoms with Gasteiger partial charge < -0.3 is 5.32 Å². The highest BCUT2D eigenvalue weighted by Crippen LogP contribution is 2.26. The summed E-state index contributed by atoms with van der Waals surface area (Å²) >= 11 is 0. The Hall–Kier alpha value is -1.31. The molecule has 0 saturated heterocycles. The van der Waals surface area contributed by atoms with E-state index < -0.39 is 0 Å². The Kier molecular flexibility index (Phi) is 3.60. The molecular formula is C14H19NO. The number of anilines is 1. The van der Waals surface area contributed by atoms with Crippen molar-refractivity contribution in [1.82, 2.24) is 0 Å². The van der Waals surface area contributed by atoms with Crippen LogP contribution in [0.5, 0.6) is 0 Å². The standard InChI is InChI=1S/C14H19NO/c1-2-3-4-9-14(16)13-10-11-7-5-6-8-12(11)15-13/h5-8,13,15H,2-4,9-10H2,1H3. The van der Waals surface area contributed by atoms with Crippen LogP contribution in [0.2, 0.25) is 0 Å². The van der Waals surface area contributed by atoms with Crippen molar-refractivity contribution < 1.29 is 4.79 Å². The summed E-state index contributed by atoms with van der Waals surface area (Å²) < 4.78 is 0. The Bertz CT molecular complexity index is 348. The highest BCUT2D eigenvalue weighted by atomic mass is 16.1. The zero-order chi connectivity index (χ0) is 11.4. The normalized spacial score (nSPS) is 17.9. The predicted octanol–water partition coefficient (Wildman–Crippen LogP) is 3.17. The van der Waals surface area contributed by atoms with E-state index in [0.29, 0.717) is 5.78 Å². The number of carbonyl (C=O) groups excluding carboxylic acids is 1. The van der Waals surface area contributed by atoms with Gasteiger partial charge in [0.2, 0.25) is 0 Å². The number of hydrogen-bond donors (Lipinski definition) is 1. The molecule has 2 nitrogen and oxygen atoms in total. The first kappa shape index (κ1) is 11.2. The molecule has 2 heteroatoms. The third-order valence-electron chi connectivity index (χ3n) is 3.19. The lowest BCUT2D eigenvalue weighted by molar-refractivity contribution is -0.119. The van der Waals surface area contributed by atoms with E-state index in [4.69, 9.17) is 0 Å². The lowest BCUT2D eigenvalue weighted by atomic mass is 10.0. The molecule has 0 fully saturated rings. The van der Waals surface area contributed by atoms with Gasteiger partial charge in [0.05, 0.1) is 6.04 Å². The molecule has 0 saturated carbocycles. The van der Waals surface area contributed by atoms with Crippen LogP contribution in [0.3, 0.4) is 0 Å². The molecule has 1 aromatic carbocycles. The van der Waals surface area contributed by atoms with Crippen LogP contribution in [0.4, 0.5) is 5.69 Å². The molecule has 1 atom stereocenters. The lowest BCUT2D eigenvalue weighted by Gasteiger charge is -2.09. The van der Waals surface area contributed by atoms with E-state index >= 15 is 0 Å². The number of nitrogens with one attached hydrogen (secondary N) is 1. The van der Waals surface area contributed by atoms with E-state index in [1.54, 1.807) is 0 Å². The van der Waals surface area contributed by atoms with Crippen LogP contribution in [0.15, 0.2) is 24.3 Å². The topological polar surface area (TPSA) is 29.1 Å². The number of rotatable bonds is 5. The van der Waals surface area contributed by atoms with Crippen molar-refractivity contribution in [2.75, 3.05) is 5.32 Å². The molecule has 0 aliphatic carbocycles. The van der Waals surface area contributed by atoms with Crippen LogP contribution in [0.1, 0.15) is 38.2 Å². The predicted molar refractivity (Wildman–Crippen MR) is 66.7 cm³/mol. The molecule has 0 spiro atoms. The van der Waals surface area contributed by atoms with Gasteiger partial charge in [-0.1, -0.05) is 38.0 Å². The maximum absolute atomic E-state index is 11.9. The molecule has 1 N–H and O–H groups in total. The van der Waals surface area contributed by atoms with Gasteiger partial charge in [-0.25, -0.2) is 0 Å². The summed E-state index contributed by atoms with van der Waals surface area (Å²) in [7, 11) is 0. The van der Waals surface area contributed by atoms with E-state index in [-0.39, 0.29) is 6.04 Å². The Labute approximate surface area is 97.1 Å². The number of Topliss-reactive ketones (excluding diaryl/α,β-unsaturated/α-hetero) is 1. The summed E-state index contributed by atoms with van der Waals surface area (Å²) in [5, 5.41) is 3.31. The number of para-hydroxylation sites is 1. The van der Waals surface area contributed by atoms with E-state index in [0.717, 1.165) is 31.4 Å². The number of carbonyl (C=O) groups is 1. The third-order valence-corrected chi connectivity index (χ3v) is 3.19. The smallest absolute Gasteiger partial charge is 0.155 e. The third kappa shape index (κ3) is 2.43. The highest BCUT2D eigenvalue weighted by molar-refractivity contribution is 5.89. The molecule has 1 aliphatic rings. The number of benzene rings is 1. The number of fused-ring (bicyclic) bond motifs is 1. The Morgan fingerprint density at radius 2 is 2.19 bits per heavy atom. The molecule has 1 heterocycles. The van der Waals surface area contributed by atoms with Crippen molar-refractivity contribution in [2.24, 2.45) is 0 Å². The van der Waals surface area contributed by atoms with Crippen molar-refractivity contribution >= 4 is 11.5 Å². The first-order valence-electron chi connectivity index (χ1n) is 6.18. The summed E-state index contributed by atoms with van der Waals surface area (Å²) in [6, 6.07) is 8.21. The minimum absolute atomic E-state index is 0.0225. The van der Waals surface area contributed by atoms with Gasteiger partial charge >= 0.3 is 0 Å². The zero-order valence-corrected chi connectivity index (χ0v) is 9.83. The SMILES string of the molecule is CCCCCC(=O)C1Cc2ccccc2N1. The second-order valence-corrected chi connectivity index (χ2v) is 4.48. The second-order valence-electron chi connectivity index (χ2n) is 4.48. The average molecular weight is 217 g/mol. The van der Waals surface area contributed by atoms with Crippen molar-refractivity contribution in [3.05, 3.63) is 29.8 Å². The monoisotopic (exact) mass is 217 g/mol. The highest BCUT2D eigenvalue weighted by Gasteiger charge is 2.25. The van der Waals surface area contributed by atoms with Crippen LogP contribution in [0.25, 0.3) is 0 Å². The average Bonchev–Trinajstić information content (AvgIpc) is 2.73. The Morgan fingerprint density at radius 3 is 2.94 bits per heavy atom. The van der Waals surface area contributed by atoms with Crippen molar-refractivity contribution in [3.8, 4) is 0 Å². The largest absolute Gasteiger partial charge is 0.375 e. The van der Waals surface area contributed by atoms with Crippen molar-refractivity contribution in [2.45, 2.75) is 45.1 Å². The van der Waals surface area contributed by atoms with E-state index in [9.17, 15) is 4.79 Å². The van der Waals surface area contributed by atoms with Crippen LogP contribution in [0, 0.1) is 0 Å². The summed E-state index contributed by atoms with van der Waals surface area (Å²) in [5.41, 5.74) is 2.41. The fraction of sp³-hybridized carbons (Fsp3) is 0.500. The van der Waals surface area contributed by atoms with Gasteiger partial charge in [-0.2, -0.15) is 0 Å². The molecule has 0 aromatic heterocycles. The lowest BCUT2D eigenvalue weighted by Crippen LogP contribution is -2.26. The van der Waals surface area contributed by atoms with E-state index in [2.05, 4.69) is 24.4 Å². The van der Waals surface area contributed by atoms with Crippen LogP contribution in [-0.4, -0.2) is 11.8 Å². The quantitative estimate of drug-likeness (QED) is 0.767. The summed E-state index contributed by atoms with van der Waals surface area (Å²) in [6.45, 7) is 2.16.